The Hall–Kier alpha value is -1.18. The number of hydrogen-bond acceptors (Lipinski definition) is 9. The van der Waals surface area contributed by atoms with E-state index in [0.717, 1.165) is 16.8 Å². The van der Waals surface area contributed by atoms with Crippen LogP contribution in [0.5, 0.6) is 0 Å². The lowest BCUT2D eigenvalue weighted by Gasteiger charge is -2.17. The van der Waals surface area contributed by atoms with Gasteiger partial charge in [-0.1, -0.05) is 0 Å². The summed E-state index contributed by atoms with van der Waals surface area (Å²) in [5.74, 6) is 0. The Bertz CT molecular complexity index is 828. The van der Waals surface area contributed by atoms with Gasteiger partial charge < -0.3 is 29.6 Å². The summed E-state index contributed by atoms with van der Waals surface area (Å²) >= 11 is 0. The van der Waals surface area contributed by atoms with Gasteiger partial charge in [0.05, 0.1) is 6.61 Å². The predicted octanol–water partition coefficient (Wildman–Crippen LogP) is -2.62. The Kier molecular flexibility index (Phi) is 5.81. The van der Waals surface area contributed by atoms with Crippen molar-refractivity contribution in [1.29, 1.82) is 0 Å². The molecule has 25 heavy (non-hydrogen) atoms. The first-order valence-corrected chi connectivity index (χ1v) is 9.49. The molecular weight excluding hydrogens is 390 g/mol. The molecule has 0 radical (unpaired) electrons. The van der Waals surface area contributed by atoms with E-state index < -0.39 is 58.0 Å². The number of aromatic nitrogens is 2. The minimum atomic E-state index is -5.32. The normalized spacial score (nSPS) is 29.5. The SMILES string of the molecule is O=c1ccn([C@@H]2O[C@H](COP(=O)(O)OP(=O)(O)O)[C@H](O)[C@@H]2O)c(=O)[nH]1. The number of aromatic amines is 1. The molecule has 1 aromatic heterocycles. The Morgan fingerprint density at radius 1 is 1.20 bits per heavy atom. The molecule has 1 aliphatic rings. The zero-order valence-corrected chi connectivity index (χ0v) is 13.9. The minimum absolute atomic E-state index is 0.704. The molecule has 0 aliphatic carbocycles. The summed E-state index contributed by atoms with van der Waals surface area (Å²) in [6, 6.07) is 0.962. The Morgan fingerprint density at radius 3 is 2.40 bits per heavy atom. The second kappa shape index (κ2) is 7.21. The third-order valence-corrected chi connectivity index (χ3v) is 5.23. The van der Waals surface area contributed by atoms with Crippen LogP contribution in [-0.2, 0) is 22.7 Å². The van der Waals surface area contributed by atoms with Crippen LogP contribution in [0.1, 0.15) is 6.23 Å². The molecule has 0 bridgehead atoms. The van der Waals surface area contributed by atoms with Gasteiger partial charge in [-0.05, 0) is 0 Å². The monoisotopic (exact) mass is 404 g/mol. The number of H-pyrrole nitrogens is 1. The second-order valence-electron chi connectivity index (χ2n) is 4.90. The van der Waals surface area contributed by atoms with Crippen molar-refractivity contribution in [2.24, 2.45) is 0 Å². The summed E-state index contributed by atoms with van der Waals surface area (Å²) in [5.41, 5.74) is -1.65. The molecule has 0 aromatic carbocycles. The van der Waals surface area contributed by atoms with Gasteiger partial charge in [-0.2, -0.15) is 4.31 Å². The molecule has 16 heteroatoms. The average Bonchev–Trinajstić information content (AvgIpc) is 2.71. The fourth-order valence-electron chi connectivity index (χ4n) is 2.05. The highest BCUT2D eigenvalue weighted by atomic mass is 31.3. The molecule has 1 fully saturated rings. The van der Waals surface area contributed by atoms with Gasteiger partial charge in [-0.15, -0.1) is 0 Å². The lowest BCUT2D eigenvalue weighted by Crippen LogP contribution is -2.37. The van der Waals surface area contributed by atoms with Gasteiger partial charge in [0.25, 0.3) is 5.56 Å². The number of nitrogens with zero attached hydrogens (tertiary/aromatic N) is 1. The van der Waals surface area contributed by atoms with Crippen LogP contribution >= 0.6 is 15.6 Å². The van der Waals surface area contributed by atoms with Gasteiger partial charge in [0.1, 0.15) is 18.3 Å². The molecule has 1 saturated heterocycles. The largest absolute Gasteiger partial charge is 0.481 e. The summed E-state index contributed by atoms with van der Waals surface area (Å²) in [7, 11) is -10.5. The topological polar surface area (TPSA) is 218 Å². The van der Waals surface area contributed by atoms with Crippen molar-refractivity contribution in [3.63, 3.8) is 0 Å². The van der Waals surface area contributed by atoms with E-state index in [9.17, 15) is 28.9 Å². The first-order chi connectivity index (χ1) is 11.4. The summed E-state index contributed by atoms with van der Waals surface area (Å²) < 4.78 is 35.6. The van der Waals surface area contributed by atoms with Crippen molar-refractivity contribution >= 4 is 15.6 Å². The Morgan fingerprint density at radius 2 is 1.84 bits per heavy atom. The maximum Gasteiger partial charge on any atom is 0.481 e. The van der Waals surface area contributed by atoms with Gasteiger partial charge in [0.15, 0.2) is 6.23 Å². The fraction of sp³-hybridized carbons (Fsp3) is 0.556. The molecular formula is C9H14N2O12P2. The summed E-state index contributed by atoms with van der Waals surface area (Å²) in [4.78, 5) is 50.7. The van der Waals surface area contributed by atoms with Crippen LogP contribution in [0.2, 0.25) is 0 Å². The smallest absolute Gasteiger partial charge is 0.387 e. The molecule has 1 unspecified atom stereocenters. The molecule has 6 N–H and O–H groups in total. The number of aliphatic hydroxyl groups is 2. The summed E-state index contributed by atoms with van der Waals surface area (Å²) in [6.07, 6.45) is -5.25. The van der Waals surface area contributed by atoms with Crippen LogP contribution in [0.25, 0.3) is 0 Å². The fourth-order valence-corrected chi connectivity index (χ4v) is 3.65. The highest BCUT2D eigenvalue weighted by Crippen LogP contribution is 2.57. The third kappa shape index (κ3) is 5.15. The average molecular weight is 404 g/mol. The zero-order chi connectivity index (χ0) is 19.0. The standard InChI is InChI=1S/C9H14N2O12P2/c12-5-1-2-11(9(15)10-5)8-7(14)6(13)4(22-8)3-21-25(19,20)23-24(16,17)18/h1-2,4,6-8,13-14H,3H2,(H,19,20)(H,10,12,15)(H2,16,17,18)/t4-,6+,7+,8-/m1/s1. The van der Waals surface area contributed by atoms with Crippen LogP contribution in [0.4, 0.5) is 0 Å². The Labute approximate surface area is 138 Å². The molecule has 14 nitrogen and oxygen atoms in total. The van der Waals surface area contributed by atoms with Crippen molar-refractivity contribution in [2.75, 3.05) is 6.61 Å². The molecule has 0 amide bonds. The van der Waals surface area contributed by atoms with Crippen molar-refractivity contribution < 1.29 is 47.6 Å². The lowest BCUT2D eigenvalue weighted by atomic mass is 10.1. The molecule has 1 aliphatic heterocycles. The number of nitrogens with one attached hydrogen (secondary N) is 1. The number of ether oxygens (including phenoxy) is 1. The van der Waals surface area contributed by atoms with E-state index in [2.05, 4.69) is 8.83 Å². The van der Waals surface area contributed by atoms with Crippen molar-refractivity contribution in [3.05, 3.63) is 33.1 Å². The van der Waals surface area contributed by atoms with Crippen LogP contribution in [0.15, 0.2) is 21.9 Å². The summed E-state index contributed by atoms with van der Waals surface area (Å²) in [5, 5.41) is 19.8. The number of aliphatic hydroxyl groups excluding tert-OH is 2. The number of rotatable bonds is 6. The van der Waals surface area contributed by atoms with Crippen molar-refractivity contribution in [1.82, 2.24) is 9.55 Å². The van der Waals surface area contributed by atoms with Gasteiger partial charge in [0, 0.05) is 12.3 Å². The first-order valence-electron chi connectivity index (χ1n) is 6.47. The van der Waals surface area contributed by atoms with Gasteiger partial charge >= 0.3 is 21.3 Å². The van der Waals surface area contributed by atoms with Gasteiger partial charge in [-0.3, -0.25) is 18.9 Å². The highest BCUT2D eigenvalue weighted by Gasteiger charge is 2.45. The highest BCUT2D eigenvalue weighted by molar-refractivity contribution is 7.60. The number of phosphoric acid groups is 2. The second-order valence-corrected chi connectivity index (χ2v) is 7.73. The van der Waals surface area contributed by atoms with Gasteiger partial charge in [-0.25, -0.2) is 13.9 Å². The predicted molar refractivity (Wildman–Crippen MR) is 76.2 cm³/mol. The maximum atomic E-state index is 11.7. The lowest BCUT2D eigenvalue weighted by molar-refractivity contribution is -0.0542. The van der Waals surface area contributed by atoms with E-state index in [0.29, 0.717) is 0 Å². The van der Waals surface area contributed by atoms with E-state index in [1.165, 1.54) is 0 Å². The van der Waals surface area contributed by atoms with Crippen LogP contribution in [-0.4, -0.2) is 59.4 Å². The molecule has 0 saturated carbocycles. The van der Waals surface area contributed by atoms with Crippen LogP contribution in [0, 0.1) is 0 Å². The molecule has 142 valence electrons. The van der Waals surface area contributed by atoms with E-state index in [1.807, 2.05) is 4.98 Å². The number of hydrogen-bond donors (Lipinski definition) is 6. The summed E-state index contributed by atoms with van der Waals surface area (Å²) in [6.45, 7) is -0.902. The van der Waals surface area contributed by atoms with E-state index >= 15 is 0 Å². The van der Waals surface area contributed by atoms with Crippen molar-refractivity contribution in [2.45, 2.75) is 24.5 Å². The molecule has 2 rings (SSSR count). The van der Waals surface area contributed by atoms with E-state index in [4.69, 9.17) is 19.4 Å². The minimum Gasteiger partial charge on any atom is -0.387 e. The molecule has 1 aromatic rings. The maximum absolute atomic E-state index is 11.7. The van der Waals surface area contributed by atoms with E-state index in [-0.39, 0.29) is 0 Å². The van der Waals surface area contributed by atoms with Crippen LogP contribution < -0.4 is 11.2 Å². The zero-order valence-electron chi connectivity index (χ0n) is 12.1. The first kappa shape index (κ1) is 20.1. The molecule has 5 atom stereocenters. The van der Waals surface area contributed by atoms with Gasteiger partial charge in [0.2, 0.25) is 0 Å². The molecule has 2 heterocycles. The van der Waals surface area contributed by atoms with Crippen LogP contribution in [0.3, 0.4) is 0 Å². The molecule has 0 spiro atoms. The quantitative estimate of drug-likeness (QED) is 0.269. The number of phosphoric ester groups is 1. The van der Waals surface area contributed by atoms with E-state index in [1.54, 1.807) is 0 Å². The third-order valence-electron chi connectivity index (χ3n) is 3.07. The Balaban J connectivity index is 2.09. The van der Waals surface area contributed by atoms with Crippen molar-refractivity contribution in [3.8, 4) is 0 Å².